The van der Waals surface area contributed by atoms with Crippen LogP contribution in [-0.2, 0) is 16.1 Å². The normalized spacial score (nSPS) is 14.2. The first-order chi connectivity index (χ1) is 9.22. The molecule has 1 aromatic rings. The van der Waals surface area contributed by atoms with E-state index in [0.717, 1.165) is 18.4 Å². The molecule has 0 aromatic carbocycles. The smallest absolute Gasteiger partial charge is 0.374 e. The lowest BCUT2D eigenvalue weighted by atomic mass is 10.2. The summed E-state index contributed by atoms with van der Waals surface area (Å²) in [5.74, 6) is 0.112. The molecule has 2 rings (SSSR count). The third-order valence-electron chi connectivity index (χ3n) is 2.98. The number of nitrogens with one attached hydrogen (secondary N) is 2. The molecule has 1 aliphatic carbocycles. The fourth-order valence-corrected chi connectivity index (χ4v) is 1.73. The Morgan fingerprint density at radius 2 is 2.21 bits per heavy atom. The van der Waals surface area contributed by atoms with Crippen LogP contribution >= 0.6 is 0 Å². The van der Waals surface area contributed by atoms with Crippen LogP contribution in [0.2, 0.25) is 0 Å². The molecule has 0 saturated heterocycles. The second kappa shape index (κ2) is 6.38. The van der Waals surface area contributed by atoms with Gasteiger partial charge in [0, 0.05) is 31.1 Å². The minimum absolute atomic E-state index is 0.139. The van der Waals surface area contributed by atoms with Crippen molar-refractivity contribution in [2.45, 2.75) is 19.4 Å². The Labute approximate surface area is 111 Å². The first-order valence-electron chi connectivity index (χ1n) is 6.35. The molecule has 1 heterocycles. The lowest BCUT2D eigenvalue weighted by Gasteiger charge is -2.06. The Hall–Kier alpha value is -1.82. The van der Waals surface area contributed by atoms with E-state index in [2.05, 4.69) is 15.4 Å². The third-order valence-corrected chi connectivity index (χ3v) is 2.98. The molecular weight excluding hydrogens is 248 g/mol. The number of carbonyl (C=O) groups is 2. The molecule has 1 amide bonds. The minimum Gasteiger partial charge on any atom is -0.463 e. The maximum absolute atomic E-state index is 11.4. The molecule has 6 nitrogen and oxygen atoms in total. The van der Waals surface area contributed by atoms with Crippen molar-refractivity contribution in [2.24, 2.45) is 5.92 Å². The zero-order valence-corrected chi connectivity index (χ0v) is 10.9. The minimum atomic E-state index is -0.483. The van der Waals surface area contributed by atoms with Gasteiger partial charge in [0.15, 0.2) is 0 Å². The molecule has 6 heteroatoms. The highest BCUT2D eigenvalue weighted by Crippen LogP contribution is 2.28. The van der Waals surface area contributed by atoms with Crippen molar-refractivity contribution in [1.29, 1.82) is 0 Å². The van der Waals surface area contributed by atoms with Gasteiger partial charge in [0.05, 0.1) is 13.4 Å². The van der Waals surface area contributed by atoms with Crippen LogP contribution in [-0.4, -0.2) is 32.1 Å². The summed E-state index contributed by atoms with van der Waals surface area (Å²) in [5.41, 5.74) is 0.750. The summed E-state index contributed by atoms with van der Waals surface area (Å²) in [6.45, 7) is 1.73. The van der Waals surface area contributed by atoms with Crippen LogP contribution in [0, 0.1) is 5.92 Å². The maximum atomic E-state index is 11.4. The van der Waals surface area contributed by atoms with E-state index >= 15 is 0 Å². The van der Waals surface area contributed by atoms with Gasteiger partial charge in [0.2, 0.25) is 11.7 Å². The van der Waals surface area contributed by atoms with E-state index in [0.29, 0.717) is 19.6 Å². The van der Waals surface area contributed by atoms with Gasteiger partial charge in [-0.25, -0.2) is 4.79 Å². The summed E-state index contributed by atoms with van der Waals surface area (Å²) in [4.78, 5) is 22.7. The molecule has 1 aromatic heterocycles. The average Bonchev–Trinajstić information content (AvgIpc) is 3.17. The molecule has 1 saturated carbocycles. The molecule has 2 N–H and O–H groups in total. The van der Waals surface area contributed by atoms with E-state index in [1.54, 1.807) is 6.07 Å². The number of rotatable bonds is 7. The van der Waals surface area contributed by atoms with Crippen LogP contribution in [0.15, 0.2) is 16.7 Å². The Morgan fingerprint density at radius 1 is 1.42 bits per heavy atom. The topological polar surface area (TPSA) is 80.6 Å². The highest BCUT2D eigenvalue weighted by molar-refractivity contribution is 5.87. The maximum Gasteiger partial charge on any atom is 0.374 e. The predicted octanol–water partition coefficient (Wildman–Crippen LogP) is 0.682. The predicted molar refractivity (Wildman–Crippen MR) is 67.5 cm³/mol. The van der Waals surface area contributed by atoms with Crippen LogP contribution in [0.3, 0.4) is 0 Å². The number of hydrogen-bond acceptors (Lipinski definition) is 5. The van der Waals surface area contributed by atoms with Crippen LogP contribution < -0.4 is 10.6 Å². The molecule has 0 aliphatic heterocycles. The number of furan rings is 1. The van der Waals surface area contributed by atoms with E-state index in [1.807, 2.05) is 0 Å². The summed E-state index contributed by atoms with van der Waals surface area (Å²) >= 11 is 0. The van der Waals surface area contributed by atoms with Crippen molar-refractivity contribution in [1.82, 2.24) is 10.6 Å². The van der Waals surface area contributed by atoms with Crippen molar-refractivity contribution in [2.75, 3.05) is 20.2 Å². The second-order valence-electron chi connectivity index (χ2n) is 4.51. The van der Waals surface area contributed by atoms with Gasteiger partial charge in [0.1, 0.15) is 0 Å². The van der Waals surface area contributed by atoms with Gasteiger partial charge in [-0.1, -0.05) is 0 Å². The fourth-order valence-electron chi connectivity index (χ4n) is 1.73. The van der Waals surface area contributed by atoms with E-state index in [1.165, 1.54) is 13.4 Å². The molecule has 0 radical (unpaired) electrons. The van der Waals surface area contributed by atoms with Crippen molar-refractivity contribution >= 4 is 11.9 Å². The zero-order valence-electron chi connectivity index (χ0n) is 10.9. The molecule has 0 unspecified atom stereocenters. The molecule has 0 bridgehead atoms. The number of methoxy groups -OCH3 is 1. The SMILES string of the molecule is COC(=O)c1occc1CNCCNC(=O)C1CC1. The summed E-state index contributed by atoms with van der Waals surface area (Å²) in [7, 11) is 1.31. The Balaban J connectivity index is 1.66. The van der Waals surface area contributed by atoms with Gasteiger partial charge in [-0.05, 0) is 18.9 Å². The number of ether oxygens (including phenoxy) is 1. The third kappa shape index (κ3) is 3.82. The van der Waals surface area contributed by atoms with Crippen molar-refractivity contribution in [3.05, 3.63) is 23.7 Å². The van der Waals surface area contributed by atoms with E-state index in [-0.39, 0.29) is 17.6 Å². The fraction of sp³-hybridized carbons (Fsp3) is 0.538. The first-order valence-corrected chi connectivity index (χ1v) is 6.35. The lowest BCUT2D eigenvalue weighted by Crippen LogP contribution is -2.32. The highest BCUT2D eigenvalue weighted by Gasteiger charge is 2.28. The number of hydrogen-bond donors (Lipinski definition) is 2. The van der Waals surface area contributed by atoms with E-state index in [9.17, 15) is 9.59 Å². The number of carbonyl (C=O) groups excluding carboxylic acids is 2. The van der Waals surface area contributed by atoms with Crippen molar-refractivity contribution in [3.8, 4) is 0 Å². The Morgan fingerprint density at radius 3 is 2.89 bits per heavy atom. The van der Waals surface area contributed by atoms with Gasteiger partial charge in [-0.15, -0.1) is 0 Å². The molecule has 1 fully saturated rings. The molecule has 0 atom stereocenters. The molecule has 19 heavy (non-hydrogen) atoms. The molecule has 1 aliphatic rings. The Kier molecular flexibility index (Phi) is 4.57. The molecular formula is C13H18N2O4. The highest BCUT2D eigenvalue weighted by atomic mass is 16.5. The monoisotopic (exact) mass is 266 g/mol. The molecule has 104 valence electrons. The van der Waals surface area contributed by atoms with Crippen LogP contribution in [0.4, 0.5) is 0 Å². The van der Waals surface area contributed by atoms with Gasteiger partial charge < -0.3 is 19.8 Å². The standard InChI is InChI=1S/C13H18N2O4/c1-18-13(17)11-10(4-7-19-11)8-14-5-6-15-12(16)9-2-3-9/h4,7,9,14H,2-3,5-6,8H2,1H3,(H,15,16). The van der Waals surface area contributed by atoms with Gasteiger partial charge in [0.25, 0.3) is 0 Å². The second-order valence-corrected chi connectivity index (χ2v) is 4.51. The zero-order chi connectivity index (χ0) is 13.7. The van der Waals surface area contributed by atoms with Gasteiger partial charge in [-0.2, -0.15) is 0 Å². The van der Waals surface area contributed by atoms with Crippen LogP contribution in [0.5, 0.6) is 0 Å². The Bertz CT molecular complexity index is 451. The van der Waals surface area contributed by atoms with Gasteiger partial charge in [-0.3, -0.25) is 4.79 Å². The summed E-state index contributed by atoms with van der Waals surface area (Å²) in [6.07, 6.45) is 3.48. The van der Waals surface area contributed by atoms with E-state index < -0.39 is 5.97 Å². The summed E-state index contributed by atoms with van der Waals surface area (Å²) in [5, 5.41) is 6.00. The largest absolute Gasteiger partial charge is 0.463 e. The lowest BCUT2D eigenvalue weighted by molar-refractivity contribution is -0.122. The van der Waals surface area contributed by atoms with Crippen LogP contribution in [0.1, 0.15) is 29.0 Å². The van der Waals surface area contributed by atoms with E-state index in [4.69, 9.17) is 4.42 Å². The van der Waals surface area contributed by atoms with Crippen LogP contribution in [0.25, 0.3) is 0 Å². The summed E-state index contributed by atoms with van der Waals surface area (Å²) < 4.78 is 9.68. The number of esters is 1. The average molecular weight is 266 g/mol. The summed E-state index contributed by atoms with van der Waals surface area (Å²) in [6, 6.07) is 1.72. The number of amides is 1. The van der Waals surface area contributed by atoms with Crippen molar-refractivity contribution < 1.29 is 18.7 Å². The molecule has 0 spiro atoms. The van der Waals surface area contributed by atoms with Crippen molar-refractivity contribution in [3.63, 3.8) is 0 Å². The van der Waals surface area contributed by atoms with Gasteiger partial charge >= 0.3 is 5.97 Å². The quantitative estimate of drug-likeness (QED) is 0.560. The first kappa shape index (κ1) is 13.6.